The molecule has 23 heavy (non-hydrogen) atoms. The lowest BCUT2D eigenvalue weighted by Gasteiger charge is -2.50. The average molecular weight is 337 g/mol. The zero-order valence-corrected chi connectivity index (χ0v) is 14.9. The van der Waals surface area contributed by atoms with Crippen molar-refractivity contribution in [1.82, 2.24) is 4.90 Å². The summed E-state index contributed by atoms with van der Waals surface area (Å²) in [6, 6.07) is 2.04. The highest BCUT2D eigenvalue weighted by Crippen LogP contribution is 2.40. The van der Waals surface area contributed by atoms with E-state index < -0.39 is 0 Å². The van der Waals surface area contributed by atoms with Crippen LogP contribution in [0.1, 0.15) is 38.7 Å². The molecule has 1 aromatic rings. The van der Waals surface area contributed by atoms with E-state index in [1.807, 2.05) is 16.3 Å². The minimum atomic E-state index is -0.0227. The summed E-state index contributed by atoms with van der Waals surface area (Å²) in [6.45, 7) is 7.24. The van der Waals surface area contributed by atoms with Crippen molar-refractivity contribution in [3.63, 3.8) is 0 Å². The summed E-state index contributed by atoms with van der Waals surface area (Å²) in [7, 11) is 0. The Kier molecular flexibility index (Phi) is 5.39. The quantitative estimate of drug-likeness (QED) is 0.829. The van der Waals surface area contributed by atoms with E-state index in [1.165, 1.54) is 0 Å². The second-order valence-corrected chi connectivity index (χ2v) is 7.88. The van der Waals surface area contributed by atoms with Crippen LogP contribution in [0.3, 0.4) is 0 Å². The van der Waals surface area contributed by atoms with E-state index in [4.69, 9.17) is 9.47 Å². The van der Waals surface area contributed by atoms with Crippen LogP contribution < -0.4 is 0 Å². The zero-order chi connectivity index (χ0) is 16.3. The van der Waals surface area contributed by atoms with Crippen molar-refractivity contribution < 1.29 is 14.3 Å². The Hall–Kier alpha value is -0.910. The molecule has 1 amide bonds. The molecule has 0 spiro atoms. The van der Waals surface area contributed by atoms with Gasteiger partial charge in [-0.15, -0.1) is 0 Å². The summed E-state index contributed by atoms with van der Waals surface area (Å²) in [5.74, 6) is 0.233. The highest BCUT2D eigenvalue weighted by atomic mass is 32.1. The van der Waals surface area contributed by atoms with Gasteiger partial charge in [-0.05, 0) is 55.5 Å². The van der Waals surface area contributed by atoms with E-state index in [0.29, 0.717) is 13.0 Å². The fraction of sp³-hybridized carbons (Fsp3) is 0.722. The van der Waals surface area contributed by atoms with Crippen LogP contribution in [0.2, 0.25) is 0 Å². The molecule has 2 atom stereocenters. The van der Waals surface area contributed by atoms with E-state index in [0.717, 1.165) is 44.5 Å². The molecular formula is C18H27NO3S. The van der Waals surface area contributed by atoms with E-state index >= 15 is 0 Å². The van der Waals surface area contributed by atoms with Crippen LogP contribution in [0.5, 0.6) is 0 Å². The molecule has 3 rings (SSSR count). The Morgan fingerprint density at radius 3 is 3.17 bits per heavy atom. The fourth-order valence-electron chi connectivity index (χ4n) is 3.73. The molecule has 3 heterocycles. The summed E-state index contributed by atoms with van der Waals surface area (Å²) in [5.41, 5.74) is 1.10. The van der Waals surface area contributed by atoms with Gasteiger partial charge in [0.25, 0.3) is 0 Å². The van der Waals surface area contributed by atoms with Crippen LogP contribution in [0.4, 0.5) is 0 Å². The lowest BCUT2D eigenvalue weighted by atomic mass is 9.73. The monoisotopic (exact) mass is 337 g/mol. The molecule has 5 heteroatoms. The van der Waals surface area contributed by atoms with Gasteiger partial charge in [-0.3, -0.25) is 4.79 Å². The van der Waals surface area contributed by atoms with Gasteiger partial charge in [-0.2, -0.15) is 11.3 Å². The van der Waals surface area contributed by atoms with Gasteiger partial charge < -0.3 is 14.4 Å². The molecule has 2 saturated heterocycles. The molecular weight excluding hydrogens is 310 g/mol. The van der Waals surface area contributed by atoms with Crippen molar-refractivity contribution in [2.24, 2.45) is 5.41 Å². The molecule has 0 aliphatic carbocycles. The highest BCUT2D eigenvalue weighted by molar-refractivity contribution is 7.07. The predicted molar refractivity (Wildman–Crippen MR) is 91.7 cm³/mol. The molecule has 0 N–H and O–H groups in total. The largest absolute Gasteiger partial charge is 0.378 e. The topological polar surface area (TPSA) is 38.8 Å². The first-order valence-corrected chi connectivity index (χ1v) is 9.55. The zero-order valence-electron chi connectivity index (χ0n) is 14.1. The van der Waals surface area contributed by atoms with Crippen LogP contribution in [0, 0.1) is 5.41 Å². The minimum absolute atomic E-state index is 0.0227. The number of thiophene rings is 1. The van der Waals surface area contributed by atoms with Crippen molar-refractivity contribution in [3.05, 3.63) is 22.4 Å². The van der Waals surface area contributed by atoms with Crippen LogP contribution in [0.15, 0.2) is 16.8 Å². The Bertz CT molecular complexity index is 516. The standard InChI is InChI=1S/C18H27NO3S/c1-14(2)22-13-18-6-3-8-21-16(18)4-7-19(12-18)17(20)10-15-5-9-23-11-15/h5,9,11,14,16H,3-4,6-8,10,12-13H2,1-2H3/t16-,18+/m0/s1. The smallest absolute Gasteiger partial charge is 0.227 e. The van der Waals surface area contributed by atoms with E-state index in [1.54, 1.807) is 11.3 Å². The van der Waals surface area contributed by atoms with Crippen molar-refractivity contribution in [3.8, 4) is 0 Å². The first kappa shape index (κ1) is 16.9. The maximum absolute atomic E-state index is 12.7. The van der Waals surface area contributed by atoms with E-state index in [-0.39, 0.29) is 23.5 Å². The molecule has 128 valence electrons. The first-order valence-electron chi connectivity index (χ1n) is 8.61. The van der Waals surface area contributed by atoms with Crippen LogP contribution in [0.25, 0.3) is 0 Å². The number of hydrogen-bond donors (Lipinski definition) is 0. The lowest BCUT2D eigenvalue weighted by molar-refractivity contribution is -0.167. The number of fused-ring (bicyclic) bond motifs is 1. The Balaban J connectivity index is 1.68. The van der Waals surface area contributed by atoms with Crippen molar-refractivity contribution in [2.45, 2.75) is 51.7 Å². The first-order chi connectivity index (χ1) is 11.1. The van der Waals surface area contributed by atoms with Gasteiger partial charge in [0.2, 0.25) is 5.91 Å². The Labute approximate surface area is 142 Å². The highest BCUT2D eigenvalue weighted by Gasteiger charge is 2.47. The molecule has 0 unspecified atom stereocenters. The number of carbonyl (C=O) groups excluding carboxylic acids is 1. The minimum Gasteiger partial charge on any atom is -0.378 e. The van der Waals surface area contributed by atoms with Gasteiger partial charge in [-0.25, -0.2) is 0 Å². The Morgan fingerprint density at radius 2 is 2.43 bits per heavy atom. The van der Waals surface area contributed by atoms with E-state index in [9.17, 15) is 4.79 Å². The molecule has 0 bridgehead atoms. The van der Waals surface area contributed by atoms with Gasteiger partial charge in [0.1, 0.15) is 0 Å². The summed E-state index contributed by atoms with van der Waals surface area (Å²) in [4.78, 5) is 14.7. The lowest BCUT2D eigenvalue weighted by Crippen LogP contribution is -2.58. The number of ether oxygens (including phenoxy) is 2. The van der Waals surface area contributed by atoms with Crippen molar-refractivity contribution in [2.75, 3.05) is 26.3 Å². The summed E-state index contributed by atoms with van der Waals surface area (Å²) in [5, 5.41) is 4.09. The van der Waals surface area contributed by atoms with Crippen LogP contribution in [-0.4, -0.2) is 49.3 Å². The fourth-order valence-corrected chi connectivity index (χ4v) is 4.39. The second kappa shape index (κ2) is 7.32. The van der Waals surface area contributed by atoms with E-state index in [2.05, 4.69) is 19.2 Å². The normalized spacial score (nSPS) is 28.0. The summed E-state index contributed by atoms with van der Waals surface area (Å²) >= 11 is 1.65. The predicted octanol–water partition coefficient (Wildman–Crippen LogP) is 3.11. The molecule has 1 aromatic heterocycles. The number of nitrogens with zero attached hydrogens (tertiary/aromatic N) is 1. The number of amides is 1. The number of likely N-dealkylation sites (tertiary alicyclic amines) is 1. The third-order valence-electron chi connectivity index (χ3n) is 4.98. The summed E-state index contributed by atoms with van der Waals surface area (Å²) < 4.78 is 12.0. The SMILES string of the molecule is CC(C)OC[C@]12CCCO[C@H]1CCN(C(=O)Cc1ccsc1)C2. The Morgan fingerprint density at radius 1 is 1.57 bits per heavy atom. The maximum atomic E-state index is 12.7. The molecule has 2 fully saturated rings. The molecule has 0 aromatic carbocycles. The number of piperidine rings is 1. The summed E-state index contributed by atoms with van der Waals surface area (Å²) in [6.07, 6.45) is 4.04. The average Bonchev–Trinajstić information content (AvgIpc) is 3.05. The maximum Gasteiger partial charge on any atom is 0.227 e. The molecule has 0 saturated carbocycles. The molecule has 4 nitrogen and oxygen atoms in total. The molecule has 0 radical (unpaired) electrons. The second-order valence-electron chi connectivity index (χ2n) is 7.10. The number of rotatable bonds is 5. The van der Waals surface area contributed by atoms with Gasteiger partial charge in [0.05, 0.1) is 25.2 Å². The van der Waals surface area contributed by atoms with Gasteiger partial charge in [0.15, 0.2) is 0 Å². The van der Waals surface area contributed by atoms with Crippen LogP contribution in [-0.2, 0) is 20.7 Å². The van der Waals surface area contributed by atoms with Gasteiger partial charge in [0, 0.05) is 25.1 Å². The third-order valence-corrected chi connectivity index (χ3v) is 5.71. The van der Waals surface area contributed by atoms with Crippen molar-refractivity contribution >= 4 is 17.2 Å². The van der Waals surface area contributed by atoms with Crippen LogP contribution >= 0.6 is 11.3 Å². The van der Waals surface area contributed by atoms with Gasteiger partial charge in [-0.1, -0.05) is 0 Å². The molecule has 2 aliphatic rings. The van der Waals surface area contributed by atoms with Crippen molar-refractivity contribution in [1.29, 1.82) is 0 Å². The third kappa shape index (κ3) is 3.95. The molecule has 2 aliphatic heterocycles. The van der Waals surface area contributed by atoms with Gasteiger partial charge >= 0.3 is 0 Å². The number of hydrogen-bond acceptors (Lipinski definition) is 4. The number of carbonyl (C=O) groups is 1.